The summed E-state index contributed by atoms with van der Waals surface area (Å²) in [7, 11) is 1.46. The van der Waals surface area contributed by atoms with Crippen LogP contribution in [0.3, 0.4) is 0 Å². The number of carbonyl (C=O) groups is 1. The first-order valence-corrected chi connectivity index (χ1v) is 9.77. The number of hydrogen-bond donors (Lipinski definition) is 2. The maximum absolute atomic E-state index is 15.4. The van der Waals surface area contributed by atoms with E-state index in [0.717, 1.165) is 0 Å². The van der Waals surface area contributed by atoms with E-state index in [1.807, 2.05) is 67.6 Å². The number of fused-ring (bicyclic) bond motifs is 1. The molecule has 152 valence electrons. The predicted octanol–water partition coefficient (Wildman–Crippen LogP) is 3.84. The van der Waals surface area contributed by atoms with Gasteiger partial charge in [-0.1, -0.05) is 60.7 Å². The molecule has 4 aromatic rings. The average molecular weight is 403 g/mol. The van der Waals surface area contributed by atoms with Crippen molar-refractivity contribution in [2.45, 2.75) is 19.1 Å². The highest BCUT2D eigenvalue weighted by Crippen LogP contribution is 2.38. The molecule has 3 aromatic carbocycles. The minimum absolute atomic E-state index is 0.0610. The van der Waals surface area contributed by atoms with Gasteiger partial charge < -0.3 is 15.0 Å². The van der Waals surface area contributed by atoms with E-state index >= 15 is 4.39 Å². The molecule has 0 unspecified atom stereocenters. The van der Waals surface area contributed by atoms with E-state index < -0.39 is 17.3 Å². The van der Waals surface area contributed by atoms with Crippen LogP contribution in [-0.2, 0) is 12.1 Å². The quantitative estimate of drug-likeness (QED) is 0.532. The zero-order valence-corrected chi connectivity index (χ0v) is 16.8. The fourth-order valence-electron chi connectivity index (χ4n) is 3.86. The van der Waals surface area contributed by atoms with Crippen molar-refractivity contribution < 1.29 is 14.3 Å². The largest absolute Gasteiger partial charge is 0.373 e. The van der Waals surface area contributed by atoms with Gasteiger partial charge >= 0.3 is 0 Å². The van der Waals surface area contributed by atoms with Gasteiger partial charge in [0, 0.05) is 13.6 Å². The summed E-state index contributed by atoms with van der Waals surface area (Å²) >= 11 is 0. The van der Waals surface area contributed by atoms with Crippen molar-refractivity contribution in [2.24, 2.45) is 0 Å². The monoisotopic (exact) mass is 403 g/mol. The van der Waals surface area contributed by atoms with Crippen LogP contribution in [0.1, 0.15) is 34.2 Å². The summed E-state index contributed by atoms with van der Waals surface area (Å²) in [5.41, 5.74) is 0.147. The van der Waals surface area contributed by atoms with Crippen LogP contribution in [0.2, 0.25) is 0 Å². The van der Waals surface area contributed by atoms with Crippen molar-refractivity contribution in [1.82, 2.24) is 14.9 Å². The standard InChI is InChI=1S/C24H22FN3O2/c1-3-28-21-19(15-14-18(20(21)25)22(29)26-2)27-23(28)24(30,16-10-6-4-7-11-16)17-12-8-5-9-13-17/h4-15,30H,3H2,1-2H3,(H,26,29). The number of imidazole rings is 1. The lowest BCUT2D eigenvalue weighted by Gasteiger charge is -2.29. The van der Waals surface area contributed by atoms with E-state index in [4.69, 9.17) is 0 Å². The van der Waals surface area contributed by atoms with Crippen LogP contribution in [0.15, 0.2) is 72.8 Å². The van der Waals surface area contributed by atoms with Gasteiger partial charge in [0.2, 0.25) is 0 Å². The molecule has 30 heavy (non-hydrogen) atoms. The summed E-state index contributed by atoms with van der Waals surface area (Å²) in [6.45, 7) is 2.22. The third kappa shape index (κ3) is 2.97. The van der Waals surface area contributed by atoms with E-state index in [0.29, 0.717) is 29.0 Å². The van der Waals surface area contributed by atoms with E-state index in [-0.39, 0.29) is 11.1 Å². The van der Waals surface area contributed by atoms with Gasteiger partial charge in [-0.25, -0.2) is 9.37 Å². The predicted molar refractivity (Wildman–Crippen MR) is 114 cm³/mol. The zero-order chi connectivity index (χ0) is 21.3. The number of carbonyl (C=O) groups excluding carboxylic acids is 1. The van der Waals surface area contributed by atoms with E-state index in [1.54, 1.807) is 10.6 Å². The topological polar surface area (TPSA) is 67.1 Å². The molecule has 5 nitrogen and oxygen atoms in total. The second-order valence-corrected chi connectivity index (χ2v) is 7.00. The number of hydrogen-bond acceptors (Lipinski definition) is 3. The molecule has 0 aliphatic heterocycles. The van der Waals surface area contributed by atoms with Gasteiger partial charge in [0.15, 0.2) is 17.2 Å². The second kappa shape index (κ2) is 7.72. The molecule has 0 radical (unpaired) electrons. The number of benzene rings is 3. The molecular weight excluding hydrogens is 381 g/mol. The molecule has 2 N–H and O–H groups in total. The van der Waals surface area contributed by atoms with Crippen LogP contribution in [0.25, 0.3) is 11.0 Å². The summed E-state index contributed by atoms with van der Waals surface area (Å²) < 4.78 is 17.0. The molecule has 1 amide bonds. The average Bonchev–Trinajstić information content (AvgIpc) is 3.19. The highest BCUT2D eigenvalue weighted by molar-refractivity contribution is 5.98. The molecule has 0 fully saturated rings. The lowest BCUT2D eigenvalue weighted by atomic mass is 9.85. The molecule has 4 rings (SSSR count). The molecule has 0 saturated heterocycles. The van der Waals surface area contributed by atoms with E-state index in [9.17, 15) is 9.90 Å². The fraction of sp³-hybridized carbons (Fsp3) is 0.167. The van der Waals surface area contributed by atoms with Gasteiger partial charge in [0.05, 0.1) is 11.1 Å². The smallest absolute Gasteiger partial charge is 0.254 e. The number of nitrogens with zero attached hydrogens (tertiary/aromatic N) is 2. The Morgan fingerprint density at radius 3 is 2.10 bits per heavy atom. The van der Waals surface area contributed by atoms with E-state index in [1.165, 1.54) is 13.1 Å². The van der Waals surface area contributed by atoms with Gasteiger partial charge in [-0.15, -0.1) is 0 Å². The Morgan fingerprint density at radius 2 is 1.60 bits per heavy atom. The summed E-state index contributed by atoms with van der Waals surface area (Å²) in [5.74, 6) is -0.873. The maximum Gasteiger partial charge on any atom is 0.254 e. The summed E-state index contributed by atoms with van der Waals surface area (Å²) in [6, 6.07) is 21.4. The van der Waals surface area contributed by atoms with Crippen molar-refractivity contribution in [3.63, 3.8) is 0 Å². The fourth-order valence-corrected chi connectivity index (χ4v) is 3.86. The third-order valence-electron chi connectivity index (χ3n) is 5.34. The second-order valence-electron chi connectivity index (χ2n) is 7.00. The number of nitrogens with one attached hydrogen (secondary N) is 1. The van der Waals surface area contributed by atoms with Crippen LogP contribution < -0.4 is 5.32 Å². The highest BCUT2D eigenvalue weighted by Gasteiger charge is 2.39. The molecule has 1 heterocycles. The normalized spacial score (nSPS) is 11.6. The Bertz CT molecular complexity index is 1160. The number of aryl methyl sites for hydroxylation is 1. The minimum Gasteiger partial charge on any atom is -0.373 e. The van der Waals surface area contributed by atoms with Gasteiger partial charge in [-0.3, -0.25) is 4.79 Å². The lowest BCUT2D eigenvalue weighted by Crippen LogP contribution is -2.32. The third-order valence-corrected chi connectivity index (χ3v) is 5.34. The Balaban J connectivity index is 2.06. The molecule has 6 heteroatoms. The molecule has 0 aliphatic carbocycles. The van der Waals surface area contributed by atoms with Crippen LogP contribution in [0.5, 0.6) is 0 Å². The van der Waals surface area contributed by atoms with Crippen LogP contribution in [0, 0.1) is 5.82 Å². The van der Waals surface area contributed by atoms with Crippen molar-refractivity contribution in [2.75, 3.05) is 7.05 Å². The number of aromatic nitrogens is 2. The molecule has 0 saturated carbocycles. The summed E-state index contributed by atoms with van der Waals surface area (Å²) in [4.78, 5) is 16.7. The number of amides is 1. The minimum atomic E-state index is -1.60. The number of rotatable bonds is 5. The van der Waals surface area contributed by atoms with Crippen molar-refractivity contribution in [1.29, 1.82) is 0 Å². The maximum atomic E-state index is 15.4. The Hall–Kier alpha value is -3.51. The van der Waals surface area contributed by atoms with Crippen LogP contribution in [-0.4, -0.2) is 27.6 Å². The van der Waals surface area contributed by atoms with Crippen LogP contribution >= 0.6 is 0 Å². The molecule has 0 spiro atoms. The molecular formula is C24H22FN3O2. The first-order valence-electron chi connectivity index (χ1n) is 9.77. The molecule has 0 aliphatic rings. The number of halogens is 1. The zero-order valence-electron chi connectivity index (χ0n) is 16.8. The lowest BCUT2D eigenvalue weighted by molar-refractivity contribution is 0.0959. The highest BCUT2D eigenvalue weighted by atomic mass is 19.1. The summed E-state index contributed by atoms with van der Waals surface area (Å²) in [6.07, 6.45) is 0. The van der Waals surface area contributed by atoms with Crippen LogP contribution in [0.4, 0.5) is 4.39 Å². The van der Waals surface area contributed by atoms with Gasteiger partial charge in [-0.05, 0) is 30.2 Å². The molecule has 0 atom stereocenters. The van der Waals surface area contributed by atoms with Crippen molar-refractivity contribution in [3.8, 4) is 0 Å². The van der Waals surface area contributed by atoms with Gasteiger partial charge in [0.1, 0.15) is 5.52 Å². The Morgan fingerprint density at radius 1 is 1.03 bits per heavy atom. The summed E-state index contributed by atoms with van der Waals surface area (Å²) in [5, 5.41) is 14.5. The van der Waals surface area contributed by atoms with E-state index in [2.05, 4.69) is 10.3 Å². The Kier molecular flexibility index (Phi) is 5.10. The number of aliphatic hydroxyl groups is 1. The van der Waals surface area contributed by atoms with Crippen molar-refractivity contribution >= 4 is 16.9 Å². The first-order chi connectivity index (χ1) is 14.5. The van der Waals surface area contributed by atoms with Gasteiger partial charge in [-0.2, -0.15) is 0 Å². The first kappa shape index (κ1) is 19.8. The molecule has 0 bridgehead atoms. The van der Waals surface area contributed by atoms with Crippen molar-refractivity contribution in [3.05, 3.63) is 101 Å². The Labute approximate surface area is 173 Å². The SMILES string of the molecule is CCn1c(C(O)(c2ccccc2)c2ccccc2)nc2ccc(C(=O)NC)c(F)c21. The van der Waals surface area contributed by atoms with Gasteiger partial charge in [0.25, 0.3) is 5.91 Å². The molecule has 1 aromatic heterocycles.